The Morgan fingerprint density at radius 1 is 1.05 bits per heavy atom. The molecule has 4 heteroatoms. The van der Waals surface area contributed by atoms with Gasteiger partial charge in [0.15, 0.2) is 0 Å². The highest BCUT2D eigenvalue weighted by Gasteiger charge is 2.05. The molecule has 2 N–H and O–H groups in total. The molecule has 3 nitrogen and oxygen atoms in total. The first kappa shape index (κ1) is 16.0. The van der Waals surface area contributed by atoms with Gasteiger partial charge in [0, 0.05) is 12.2 Å². The van der Waals surface area contributed by atoms with E-state index >= 15 is 0 Å². The molecule has 22 heavy (non-hydrogen) atoms. The van der Waals surface area contributed by atoms with Gasteiger partial charge in [-0.3, -0.25) is 0 Å². The number of aryl methyl sites for hydroxylation is 3. The van der Waals surface area contributed by atoms with Gasteiger partial charge < -0.3 is 10.6 Å². The van der Waals surface area contributed by atoms with Crippen molar-refractivity contribution in [2.24, 2.45) is 0 Å². The summed E-state index contributed by atoms with van der Waals surface area (Å²) in [5.41, 5.74) is 4.68. The van der Waals surface area contributed by atoms with Crippen molar-refractivity contribution in [1.29, 1.82) is 0 Å². The van der Waals surface area contributed by atoms with Gasteiger partial charge in [0.1, 0.15) is 5.82 Å². The molecule has 0 atom stereocenters. The molecule has 0 fully saturated rings. The van der Waals surface area contributed by atoms with E-state index in [-0.39, 0.29) is 11.8 Å². The summed E-state index contributed by atoms with van der Waals surface area (Å²) < 4.78 is 13.4. The predicted octanol–water partition coefficient (Wildman–Crippen LogP) is 4.12. The maximum absolute atomic E-state index is 13.4. The van der Waals surface area contributed by atoms with Crippen LogP contribution in [0.15, 0.2) is 36.4 Å². The predicted molar refractivity (Wildman–Crippen MR) is 87.8 cm³/mol. The summed E-state index contributed by atoms with van der Waals surface area (Å²) in [5, 5.41) is 5.41. The van der Waals surface area contributed by atoms with Crippen molar-refractivity contribution in [1.82, 2.24) is 5.32 Å². The zero-order valence-corrected chi connectivity index (χ0v) is 13.2. The van der Waals surface area contributed by atoms with Gasteiger partial charge in [-0.05, 0) is 56.0 Å². The van der Waals surface area contributed by atoms with Gasteiger partial charge in [0.25, 0.3) is 0 Å². The summed E-state index contributed by atoms with van der Waals surface area (Å²) in [5.74, 6) is -0.326. The van der Waals surface area contributed by atoms with E-state index in [4.69, 9.17) is 0 Å². The largest absolute Gasteiger partial charge is 0.338 e. The molecule has 116 valence electrons. The van der Waals surface area contributed by atoms with Crippen LogP contribution in [0.1, 0.15) is 22.3 Å². The zero-order chi connectivity index (χ0) is 16.1. The van der Waals surface area contributed by atoms with Gasteiger partial charge in [-0.2, -0.15) is 0 Å². The van der Waals surface area contributed by atoms with E-state index in [2.05, 4.69) is 42.7 Å². The van der Waals surface area contributed by atoms with Gasteiger partial charge in [-0.15, -0.1) is 0 Å². The smallest absolute Gasteiger partial charge is 0.319 e. The number of halogens is 1. The number of carbonyl (C=O) groups is 1. The van der Waals surface area contributed by atoms with E-state index in [1.807, 2.05) is 0 Å². The molecule has 0 aliphatic heterocycles. The molecule has 0 spiro atoms. The molecule has 0 bridgehead atoms. The quantitative estimate of drug-likeness (QED) is 0.876. The highest BCUT2D eigenvalue weighted by atomic mass is 19.1. The molecule has 0 unspecified atom stereocenters. The van der Waals surface area contributed by atoms with Crippen LogP contribution in [0.5, 0.6) is 0 Å². The average molecular weight is 300 g/mol. The van der Waals surface area contributed by atoms with Gasteiger partial charge in [-0.25, -0.2) is 9.18 Å². The lowest BCUT2D eigenvalue weighted by molar-refractivity contribution is 0.252. The summed E-state index contributed by atoms with van der Waals surface area (Å²) in [4.78, 5) is 11.8. The van der Waals surface area contributed by atoms with Crippen molar-refractivity contribution in [3.8, 4) is 0 Å². The SMILES string of the molecule is Cc1ccc(CCNC(=O)Nc2ccc(C)c(F)c2)c(C)c1. The lowest BCUT2D eigenvalue weighted by Gasteiger charge is -2.10. The Labute approximate surface area is 130 Å². The highest BCUT2D eigenvalue weighted by Crippen LogP contribution is 2.13. The van der Waals surface area contributed by atoms with E-state index in [1.54, 1.807) is 19.1 Å². The van der Waals surface area contributed by atoms with Crippen molar-refractivity contribution in [2.75, 3.05) is 11.9 Å². The standard InChI is InChI=1S/C18H21FN2O/c1-12-4-6-15(14(3)10-12)8-9-20-18(22)21-16-7-5-13(2)17(19)11-16/h4-7,10-11H,8-9H2,1-3H3,(H2,20,21,22). The zero-order valence-electron chi connectivity index (χ0n) is 13.2. The first-order chi connectivity index (χ1) is 10.5. The fraction of sp³-hybridized carbons (Fsp3) is 0.278. The minimum atomic E-state index is -0.326. The third kappa shape index (κ3) is 4.32. The van der Waals surface area contributed by atoms with Crippen LogP contribution in [0.3, 0.4) is 0 Å². The fourth-order valence-electron chi connectivity index (χ4n) is 2.28. The maximum Gasteiger partial charge on any atom is 0.319 e. The topological polar surface area (TPSA) is 41.1 Å². The Morgan fingerprint density at radius 2 is 1.82 bits per heavy atom. The van der Waals surface area contributed by atoms with E-state index in [0.717, 1.165) is 6.42 Å². The molecule has 2 amide bonds. The summed E-state index contributed by atoms with van der Waals surface area (Å²) in [6.07, 6.45) is 0.766. The van der Waals surface area contributed by atoms with Crippen LogP contribution in [-0.4, -0.2) is 12.6 Å². The summed E-state index contributed by atoms with van der Waals surface area (Å²) in [6, 6.07) is 10.6. The summed E-state index contributed by atoms with van der Waals surface area (Å²) in [7, 11) is 0. The second-order valence-corrected chi connectivity index (χ2v) is 5.52. The molecule has 0 aliphatic carbocycles. The first-order valence-corrected chi connectivity index (χ1v) is 7.33. The third-order valence-electron chi connectivity index (χ3n) is 3.61. The number of hydrogen-bond acceptors (Lipinski definition) is 1. The number of urea groups is 1. The Hall–Kier alpha value is -2.36. The molecular formula is C18H21FN2O. The minimum Gasteiger partial charge on any atom is -0.338 e. The van der Waals surface area contributed by atoms with Gasteiger partial charge >= 0.3 is 6.03 Å². The first-order valence-electron chi connectivity index (χ1n) is 7.33. The minimum absolute atomic E-state index is 0.326. The van der Waals surface area contributed by atoms with E-state index < -0.39 is 0 Å². The van der Waals surface area contributed by atoms with E-state index in [0.29, 0.717) is 17.8 Å². The van der Waals surface area contributed by atoms with Crippen LogP contribution < -0.4 is 10.6 Å². The molecule has 2 aromatic rings. The molecule has 0 saturated heterocycles. The second-order valence-electron chi connectivity index (χ2n) is 5.52. The van der Waals surface area contributed by atoms with Gasteiger partial charge in [0.2, 0.25) is 0 Å². The highest BCUT2D eigenvalue weighted by molar-refractivity contribution is 5.89. The fourth-order valence-corrected chi connectivity index (χ4v) is 2.28. The number of nitrogens with one attached hydrogen (secondary N) is 2. The van der Waals surface area contributed by atoms with Crippen LogP contribution in [0.2, 0.25) is 0 Å². The van der Waals surface area contributed by atoms with Crippen molar-refractivity contribution < 1.29 is 9.18 Å². The van der Waals surface area contributed by atoms with Crippen molar-refractivity contribution in [3.63, 3.8) is 0 Å². The molecule has 2 aromatic carbocycles. The second kappa shape index (κ2) is 7.07. The molecule has 0 saturated carbocycles. The molecule has 0 aliphatic rings. The van der Waals surface area contributed by atoms with Crippen LogP contribution >= 0.6 is 0 Å². The van der Waals surface area contributed by atoms with Gasteiger partial charge in [0.05, 0.1) is 0 Å². The molecule has 0 aromatic heterocycles. The van der Waals surface area contributed by atoms with Crippen LogP contribution in [0, 0.1) is 26.6 Å². The summed E-state index contributed by atoms with van der Waals surface area (Å²) in [6.45, 7) is 6.34. The molecule has 0 heterocycles. The Kier molecular flexibility index (Phi) is 5.15. The van der Waals surface area contributed by atoms with Crippen molar-refractivity contribution >= 4 is 11.7 Å². The molecular weight excluding hydrogens is 279 g/mol. The number of anilines is 1. The maximum atomic E-state index is 13.4. The molecule has 0 radical (unpaired) electrons. The lowest BCUT2D eigenvalue weighted by Crippen LogP contribution is -2.30. The lowest BCUT2D eigenvalue weighted by atomic mass is 10.0. The number of benzene rings is 2. The monoisotopic (exact) mass is 300 g/mol. The average Bonchev–Trinajstić information content (AvgIpc) is 2.45. The number of carbonyl (C=O) groups excluding carboxylic acids is 1. The summed E-state index contributed by atoms with van der Waals surface area (Å²) >= 11 is 0. The van der Waals surface area contributed by atoms with Gasteiger partial charge in [-0.1, -0.05) is 29.8 Å². The van der Waals surface area contributed by atoms with Crippen LogP contribution in [0.4, 0.5) is 14.9 Å². The Morgan fingerprint density at radius 3 is 2.50 bits per heavy atom. The van der Waals surface area contributed by atoms with E-state index in [9.17, 15) is 9.18 Å². The third-order valence-corrected chi connectivity index (χ3v) is 3.61. The van der Waals surface area contributed by atoms with Crippen molar-refractivity contribution in [3.05, 3.63) is 64.5 Å². The number of amides is 2. The number of hydrogen-bond donors (Lipinski definition) is 2. The number of rotatable bonds is 4. The van der Waals surface area contributed by atoms with E-state index in [1.165, 1.54) is 22.8 Å². The Bertz CT molecular complexity index is 683. The molecule has 2 rings (SSSR count). The normalized spacial score (nSPS) is 10.4. The van der Waals surface area contributed by atoms with Crippen molar-refractivity contribution in [2.45, 2.75) is 27.2 Å². The van der Waals surface area contributed by atoms with Crippen LogP contribution in [-0.2, 0) is 6.42 Å². The Balaban J connectivity index is 1.83. The van der Waals surface area contributed by atoms with Crippen LogP contribution in [0.25, 0.3) is 0 Å².